The molecule has 11 heavy (non-hydrogen) atoms. The average Bonchev–Trinajstić information content (AvgIpc) is 2.27. The van der Waals surface area contributed by atoms with E-state index in [0.29, 0.717) is 0 Å². The molecule has 0 unspecified atom stereocenters. The minimum atomic E-state index is 1.19. The first-order valence-electron chi connectivity index (χ1n) is 3.41. The van der Waals surface area contributed by atoms with Crippen LogP contribution in [0.3, 0.4) is 0 Å². The van der Waals surface area contributed by atoms with Crippen LogP contribution in [0.4, 0.5) is 0 Å². The van der Waals surface area contributed by atoms with Crippen molar-refractivity contribution in [1.29, 1.82) is 0 Å². The molecule has 0 aromatic heterocycles. The summed E-state index contributed by atoms with van der Waals surface area (Å²) in [5.41, 5.74) is 1.33. The zero-order valence-corrected chi connectivity index (χ0v) is 7.89. The molecular weight excluding hydrogens is 172 g/mol. The van der Waals surface area contributed by atoms with Crippen molar-refractivity contribution < 1.29 is 0 Å². The highest BCUT2D eigenvalue weighted by Gasteiger charge is 2.14. The van der Waals surface area contributed by atoms with Gasteiger partial charge in [-0.1, -0.05) is 36.2 Å². The molecule has 1 aromatic carbocycles. The minimum absolute atomic E-state index is 1.19. The summed E-state index contributed by atoms with van der Waals surface area (Å²) >= 11 is 3.54. The summed E-state index contributed by atoms with van der Waals surface area (Å²) in [5, 5.41) is 0. The van der Waals surface area contributed by atoms with Crippen molar-refractivity contribution in [3.05, 3.63) is 34.6 Å². The van der Waals surface area contributed by atoms with Crippen LogP contribution < -0.4 is 0 Å². The highest BCUT2D eigenvalue weighted by Crippen LogP contribution is 2.49. The van der Waals surface area contributed by atoms with Gasteiger partial charge in [0.15, 0.2) is 0 Å². The second-order valence-corrected chi connectivity index (χ2v) is 5.06. The van der Waals surface area contributed by atoms with E-state index in [1.54, 1.807) is 23.5 Å². The van der Waals surface area contributed by atoms with E-state index in [9.17, 15) is 0 Å². The van der Waals surface area contributed by atoms with E-state index in [4.69, 9.17) is 0 Å². The van der Waals surface area contributed by atoms with Gasteiger partial charge in [-0.2, -0.15) is 0 Å². The van der Waals surface area contributed by atoms with Crippen molar-refractivity contribution in [2.75, 3.05) is 0 Å². The van der Waals surface area contributed by atoms with Crippen molar-refractivity contribution in [2.24, 2.45) is 0 Å². The number of aryl methyl sites for hydroxylation is 1. The van der Waals surface area contributed by atoms with Crippen molar-refractivity contribution in [2.45, 2.75) is 16.7 Å². The van der Waals surface area contributed by atoms with E-state index < -0.39 is 0 Å². The van der Waals surface area contributed by atoms with E-state index in [0.717, 1.165) is 0 Å². The molecule has 0 N–H and O–H groups in total. The summed E-state index contributed by atoms with van der Waals surface area (Å²) in [5.74, 6) is 0. The van der Waals surface area contributed by atoms with Gasteiger partial charge in [-0.15, -0.1) is 0 Å². The van der Waals surface area contributed by atoms with Crippen LogP contribution in [0.5, 0.6) is 0 Å². The van der Waals surface area contributed by atoms with Gasteiger partial charge >= 0.3 is 0 Å². The fourth-order valence-corrected chi connectivity index (χ4v) is 3.20. The molecule has 0 bridgehead atoms. The Bertz CT molecular complexity index is 315. The second kappa shape index (κ2) is 2.61. The number of benzene rings is 1. The fraction of sp³-hybridized carbons (Fsp3) is 0.111. The highest BCUT2D eigenvalue weighted by atomic mass is 32.2. The third-order valence-electron chi connectivity index (χ3n) is 1.55. The lowest BCUT2D eigenvalue weighted by Gasteiger charge is -1.95. The summed E-state index contributed by atoms with van der Waals surface area (Å²) in [6, 6.07) is 6.52. The standard InChI is InChI=1S/C9H8S2/c1-6-3-4-8-9(5-6)11-7(2)10-8/h3-5H,2H2,1H3. The Balaban J connectivity index is 2.51. The average molecular weight is 180 g/mol. The number of thioether (sulfide) groups is 2. The number of fused-ring (bicyclic) bond motifs is 1. The maximum absolute atomic E-state index is 3.92. The van der Waals surface area contributed by atoms with Crippen molar-refractivity contribution in [1.82, 2.24) is 0 Å². The first-order chi connectivity index (χ1) is 5.25. The normalized spacial score (nSPS) is 15.2. The van der Waals surface area contributed by atoms with Gasteiger partial charge in [-0.3, -0.25) is 0 Å². The van der Waals surface area contributed by atoms with Crippen molar-refractivity contribution >= 4 is 23.5 Å². The van der Waals surface area contributed by atoms with E-state index in [1.807, 2.05) is 0 Å². The minimum Gasteiger partial charge on any atom is -0.0822 e. The van der Waals surface area contributed by atoms with E-state index >= 15 is 0 Å². The third kappa shape index (κ3) is 1.33. The molecule has 2 heteroatoms. The number of hydrogen-bond acceptors (Lipinski definition) is 2. The Kier molecular flexibility index (Phi) is 1.74. The monoisotopic (exact) mass is 180 g/mol. The molecule has 1 aliphatic rings. The van der Waals surface area contributed by atoms with Crippen LogP contribution >= 0.6 is 23.5 Å². The molecular formula is C9H8S2. The summed E-state index contributed by atoms with van der Waals surface area (Å²) in [6.07, 6.45) is 0. The number of rotatable bonds is 0. The van der Waals surface area contributed by atoms with E-state index in [-0.39, 0.29) is 0 Å². The molecule has 0 aliphatic carbocycles. The Morgan fingerprint density at radius 2 is 1.91 bits per heavy atom. The predicted octanol–water partition coefficient (Wildman–Crippen LogP) is 3.66. The quantitative estimate of drug-likeness (QED) is 0.597. The maximum atomic E-state index is 3.92. The zero-order chi connectivity index (χ0) is 7.84. The molecule has 0 saturated carbocycles. The van der Waals surface area contributed by atoms with Gasteiger partial charge in [0, 0.05) is 14.0 Å². The Morgan fingerprint density at radius 1 is 1.18 bits per heavy atom. The highest BCUT2D eigenvalue weighted by molar-refractivity contribution is 8.24. The van der Waals surface area contributed by atoms with Gasteiger partial charge in [0.05, 0.1) is 0 Å². The Labute approximate surface area is 75.1 Å². The van der Waals surface area contributed by atoms with Gasteiger partial charge in [-0.05, 0) is 24.6 Å². The summed E-state index contributed by atoms with van der Waals surface area (Å²) in [7, 11) is 0. The van der Waals surface area contributed by atoms with Crippen LogP contribution in [0.1, 0.15) is 5.56 Å². The van der Waals surface area contributed by atoms with Gasteiger partial charge < -0.3 is 0 Å². The molecule has 0 saturated heterocycles. The molecule has 0 radical (unpaired) electrons. The molecule has 1 aromatic rings. The molecule has 2 rings (SSSR count). The predicted molar refractivity (Wildman–Crippen MR) is 52.0 cm³/mol. The van der Waals surface area contributed by atoms with Crippen LogP contribution in [0.25, 0.3) is 0 Å². The molecule has 0 amide bonds. The first-order valence-corrected chi connectivity index (χ1v) is 5.04. The van der Waals surface area contributed by atoms with Crippen LogP contribution in [-0.4, -0.2) is 0 Å². The van der Waals surface area contributed by atoms with Gasteiger partial charge in [0.2, 0.25) is 0 Å². The fourth-order valence-electron chi connectivity index (χ4n) is 1.05. The van der Waals surface area contributed by atoms with Gasteiger partial charge in [0.25, 0.3) is 0 Å². The number of hydrogen-bond donors (Lipinski definition) is 0. The van der Waals surface area contributed by atoms with E-state index in [2.05, 4.69) is 31.7 Å². The molecule has 1 heterocycles. The molecule has 56 valence electrons. The SMILES string of the molecule is C=C1Sc2ccc(C)cc2S1. The lowest BCUT2D eigenvalue weighted by molar-refractivity contribution is 1.23. The van der Waals surface area contributed by atoms with Gasteiger partial charge in [0.1, 0.15) is 0 Å². The smallest absolute Gasteiger partial charge is 0.0427 e. The Hall–Kier alpha value is -0.340. The molecule has 0 spiro atoms. The van der Waals surface area contributed by atoms with Crippen LogP contribution in [0.2, 0.25) is 0 Å². The van der Waals surface area contributed by atoms with Crippen LogP contribution in [0.15, 0.2) is 38.8 Å². The third-order valence-corrected chi connectivity index (χ3v) is 3.76. The lowest BCUT2D eigenvalue weighted by Crippen LogP contribution is -1.73. The largest absolute Gasteiger partial charge is 0.0822 e. The summed E-state index contributed by atoms with van der Waals surface area (Å²) in [6.45, 7) is 6.04. The molecule has 0 nitrogen and oxygen atoms in total. The zero-order valence-electron chi connectivity index (χ0n) is 6.26. The van der Waals surface area contributed by atoms with Crippen molar-refractivity contribution in [3.8, 4) is 0 Å². The van der Waals surface area contributed by atoms with Crippen LogP contribution in [0, 0.1) is 6.92 Å². The molecule has 1 aliphatic heterocycles. The topological polar surface area (TPSA) is 0 Å². The summed E-state index contributed by atoms with van der Waals surface area (Å²) < 4.78 is 1.19. The van der Waals surface area contributed by atoms with E-state index in [1.165, 1.54) is 19.6 Å². The van der Waals surface area contributed by atoms with Gasteiger partial charge in [-0.25, -0.2) is 0 Å². The second-order valence-electron chi connectivity index (χ2n) is 2.53. The Morgan fingerprint density at radius 3 is 2.73 bits per heavy atom. The molecule has 0 atom stereocenters. The van der Waals surface area contributed by atoms with Crippen LogP contribution in [-0.2, 0) is 0 Å². The summed E-state index contributed by atoms with van der Waals surface area (Å²) in [4.78, 5) is 2.71. The lowest BCUT2D eigenvalue weighted by atomic mass is 10.2. The molecule has 0 fully saturated rings. The van der Waals surface area contributed by atoms with Crippen molar-refractivity contribution in [3.63, 3.8) is 0 Å². The maximum Gasteiger partial charge on any atom is 0.0427 e. The first kappa shape index (κ1) is 7.32.